The fraction of sp³-hybridized carbons (Fsp3) is 0.385. The van der Waals surface area contributed by atoms with Crippen LogP contribution in [-0.4, -0.2) is 97.6 Å². The monoisotopic (exact) mass is 1010 g/mol. The summed E-state index contributed by atoms with van der Waals surface area (Å²) in [6, 6.07) is 20.8. The van der Waals surface area contributed by atoms with E-state index in [-0.39, 0.29) is 52.9 Å². The molecular formula is C52H71N13O8. The number of primary amides is 1. The second-order valence-corrected chi connectivity index (χ2v) is 17.5. The normalized spacial score (nSPS) is 12.5. The number of amides is 8. The molecule has 0 saturated heterocycles. The van der Waals surface area contributed by atoms with E-state index in [1.165, 1.54) is 42.5 Å². The second-order valence-electron chi connectivity index (χ2n) is 17.5. The second kappa shape index (κ2) is 31.0. The topological polar surface area (TPSA) is 377 Å². The lowest BCUT2D eigenvalue weighted by Crippen LogP contribution is -2.44. The van der Waals surface area contributed by atoms with Gasteiger partial charge in [-0.15, -0.1) is 0 Å². The molecule has 0 heterocycles. The highest BCUT2D eigenvalue weighted by Gasteiger charge is 2.26. The SMILES string of the molecule is NCCCC[C@H](NC(=O)c1cccc(NC(=O)[C@H](CCCCN)NC(=O)c2cccc(NC(=O)[C@H](CCCCN)NC(=O)c3cccc(NC(=O)[C@@H](N)CCCCN)c3)c2)c1)C(=O)Nc1cccc(C(N)=O)c1. The van der Waals surface area contributed by atoms with Crippen LogP contribution in [0.25, 0.3) is 0 Å². The van der Waals surface area contributed by atoms with E-state index in [0.717, 1.165) is 6.42 Å². The molecule has 0 radical (unpaired) electrons. The summed E-state index contributed by atoms with van der Waals surface area (Å²) in [5.74, 6) is -4.49. The van der Waals surface area contributed by atoms with Crippen molar-refractivity contribution >= 4 is 70.0 Å². The summed E-state index contributed by atoms with van der Waals surface area (Å²) in [6.45, 7) is 1.62. The number of benzene rings is 4. The first-order valence-electron chi connectivity index (χ1n) is 24.6. The zero-order chi connectivity index (χ0) is 53.1. The van der Waals surface area contributed by atoms with Crippen LogP contribution in [-0.2, 0) is 19.2 Å². The third kappa shape index (κ3) is 19.9. The van der Waals surface area contributed by atoms with Crippen molar-refractivity contribution in [2.45, 2.75) is 101 Å². The van der Waals surface area contributed by atoms with E-state index in [0.29, 0.717) is 88.9 Å². The Morgan fingerprint density at radius 2 is 0.644 bits per heavy atom. The van der Waals surface area contributed by atoms with Crippen molar-refractivity contribution in [3.05, 3.63) is 119 Å². The van der Waals surface area contributed by atoms with Gasteiger partial charge in [0.2, 0.25) is 29.5 Å². The summed E-state index contributed by atoms with van der Waals surface area (Å²) in [4.78, 5) is 106. The number of nitrogens with two attached hydrogens (primary N) is 6. The molecule has 0 bridgehead atoms. The molecule has 0 aromatic heterocycles. The zero-order valence-corrected chi connectivity index (χ0v) is 41.1. The Balaban J connectivity index is 1.43. The number of anilines is 4. The molecule has 0 aliphatic heterocycles. The van der Waals surface area contributed by atoms with E-state index in [2.05, 4.69) is 37.2 Å². The van der Waals surface area contributed by atoms with Crippen LogP contribution < -0.4 is 71.6 Å². The Hall–Kier alpha value is -7.56. The Morgan fingerprint density at radius 1 is 0.370 bits per heavy atom. The lowest BCUT2D eigenvalue weighted by molar-refractivity contribution is -0.118. The summed E-state index contributed by atoms with van der Waals surface area (Å²) in [5.41, 5.74) is 36.0. The summed E-state index contributed by atoms with van der Waals surface area (Å²) >= 11 is 0. The van der Waals surface area contributed by atoms with Crippen molar-refractivity contribution in [3.63, 3.8) is 0 Å². The fourth-order valence-electron chi connectivity index (χ4n) is 7.54. The fourth-order valence-corrected chi connectivity index (χ4v) is 7.54. The van der Waals surface area contributed by atoms with Crippen molar-refractivity contribution in [1.82, 2.24) is 16.0 Å². The van der Waals surface area contributed by atoms with Crippen molar-refractivity contribution in [2.75, 3.05) is 47.4 Å². The standard InChI is InChI=1S/C52H71N13O8/c53-25-5-1-21-41(57)49(70)59-38-18-10-14-34(30-38)46(67)64-43(23-3-7-27-55)51(72)61-40-20-12-16-36(32-40)48(69)65-44(24-4-8-28-56)52(73)62-39-19-11-15-35(31-39)47(68)63-42(22-2-6-26-54)50(71)60-37-17-9-13-33(29-37)45(58)66/h9-20,29-32,41-44H,1-8,21-28,53-57H2,(H2,58,66)(H,59,70)(H,60,71)(H,61,72)(H,62,73)(H,63,68)(H,64,67)(H,65,69)/t41-,42-,43-,44-/m0/s1. The van der Waals surface area contributed by atoms with Crippen molar-refractivity contribution < 1.29 is 38.4 Å². The average Bonchev–Trinajstić information content (AvgIpc) is 3.38. The van der Waals surface area contributed by atoms with Crippen LogP contribution in [0.4, 0.5) is 22.7 Å². The van der Waals surface area contributed by atoms with Crippen molar-refractivity contribution in [3.8, 4) is 0 Å². The maximum absolute atomic E-state index is 13.9. The van der Waals surface area contributed by atoms with Gasteiger partial charge in [0.05, 0.1) is 6.04 Å². The van der Waals surface area contributed by atoms with Gasteiger partial charge in [0, 0.05) is 45.0 Å². The molecule has 21 heteroatoms. The average molecular weight is 1010 g/mol. The van der Waals surface area contributed by atoms with Gasteiger partial charge in [-0.2, -0.15) is 0 Å². The smallest absolute Gasteiger partial charge is 0.252 e. The van der Waals surface area contributed by atoms with E-state index in [1.807, 2.05) is 0 Å². The highest BCUT2D eigenvalue weighted by atomic mass is 16.2. The summed E-state index contributed by atoms with van der Waals surface area (Å²) in [5, 5.41) is 19.4. The number of hydrogen-bond donors (Lipinski definition) is 13. The minimum atomic E-state index is -1.05. The molecule has 0 spiro atoms. The zero-order valence-electron chi connectivity index (χ0n) is 41.1. The summed E-state index contributed by atoms with van der Waals surface area (Å²) in [6.07, 6.45) is 5.95. The van der Waals surface area contributed by atoms with Crippen molar-refractivity contribution in [2.24, 2.45) is 34.4 Å². The van der Waals surface area contributed by atoms with Gasteiger partial charge in [-0.3, -0.25) is 38.4 Å². The predicted molar refractivity (Wildman–Crippen MR) is 282 cm³/mol. The largest absolute Gasteiger partial charge is 0.366 e. The lowest BCUT2D eigenvalue weighted by Gasteiger charge is -2.20. The number of hydrogen-bond acceptors (Lipinski definition) is 13. The van der Waals surface area contributed by atoms with Gasteiger partial charge in [-0.25, -0.2) is 0 Å². The number of carbonyl (C=O) groups is 8. The predicted octanol–water partition coefficient (Wildman–Crippen LogP) is 2.78. The molecule has 4 atom stereocenters. The van der Waals surface area contributed by atoms with Crippen LogP contribution in [0.15, 0.2) is 97.1 Å². The first-order chi connectivity index (χ1) is 35.1. The maximum Gasteiger partial charge on any atom is 0.252 e. The van der Waals surface area contributed by atoms with Gasteiger partial charge in [-0.05, 0) is 170 Å². The van der Waals surface area contributed by atoms with Crippen LogP contribution in [0.1, 0.15) is 118 Å². The molecule has 0 saturated carbocycles. The van der Waals surface area contributed by atoms with Gasteiger partial charge in [0.15, 0.2) is 0 Å². The number of nitrogens with one attached hydrogen (secondary N) is 7. The van der Waals surface area contributed by atoms with Gasteiger partial charge in [0.25, 0.3) is 17.7 Å². The Morgan fingerprint density at radius 3 is 0.945 bits per heavy atom. The molecule has 19 N–H and O–H groups in total. The van der Waals surface area contributed by atoms with E-state index in [1.54, 1.807) is 54.6 Å². The van der Waals surface area contributed by atoms with Gasteiger partial charge >= 0.3 is 0 Å². The van der Waals surface area contributed by atoms with Crippen LogP contribution in [0, 0.1) is 0 Å². The quantitative estimate of drug-likeness (QED) is 0.0323. The first kappa shape index (κ1) is 58.0. The molecule has 21 nitrogen and oxygen atoms in total. The highest BCUT2D eigenvalue weighted by molar-refractivity contribution is 6.06. The molecule has 0 aliphatic rings. The van der Waals surface area contributed by atoms with E-state index < -0.39 is 71.4 Å². The Bertz CT molecular complexity index is 2510. The van der Waals surface area contributed by atoms with Crippen LogP contribution in [0.2, 0.25) is 0 Å². The third-order valence-corrected chi connectivity index (χ3v) is 11.6. The molecular weight excluding hydrogens is 935 g/mol. The third-order valence-electron chi connectivity index (χ3n) is 11.6. The molecule has 392 valence electrons. The number of unbranched alkanes of at least 4 members (excludes halogenated alkanes) is 4. The van der Waals surface area contributed by atoms with Gasteiger partial charge < -0.3 is 71.6 Å². The van der Waals surface area contributed by atoms with Crippen LogP contribution >= 0.6 is 0 Å². The lowest BCUT2D eigenvalue weighted by atomic mass is 10.1. The highest BCUT2D eigenvalue weighted by Crippen LogP contribution is 2.19. The Kier molecular flexibility index (Phi) is 24.7. The molecule has 0 aliphatic carbocycles. The number of carbonyl (C=O) groups excluding carboxylic acids is 8. The summed E-state index contributed by atoms with van der Waals surface area (Å²) < 4.78 is 0. The van der Waals surface area contributed by atoms with Crippen LogP contribution in [0.3, 0.4) is 0 Å². The van der Waals surface area contributed by atoms with E-state index >= 15 is 0 Å². The minimum Gasteiger partial charge on any atom is -0.366 e. The van der Waals surface area contributed by atoms with Gasteiger partial charge in [-0.1, -0.05) is 30.7 Å². The Labute approximate surface area is 425 Å². The molecule has 8 amide bonds. The van der Waals surface area contributed by atoms with Gasteiger partial charge in [0.1, 0.15) is 18.1 Å². The molecule has 4 aromatic carbocycles. The van der Waals surface area contributed by atoms with E-state index in [9.17, 15) is 38.4 Å². The molecule has 0 fully saturated rings. The number of rotatable bonds is 31. The summed E-state index contributed by atoms with van der Waals surface area (Å²) in [7, 11) is 0. The van der Waals surface area contributed by atoms with E-state index in [4.69, 9.17) is 34.4 Å². The molecule has 4 rings (SSSR count). The maximum atomic E-state index is 13.9. The first-order valence-corrected chi connectivity index (χ1v) is 24.6. The molecule has 4 aromatic rings. The van der Waals surface area contributed by atoms with Crippen molar-refractivity contribution in [1.29, 1.82) is 0 Å². The van der Waals surface area contributed by atoms with Crippen LogP contribution in [0.5, 0.6) is 0 Å². The molecule has 0 unspecified atom stereocenters. The minimum absolute atomic E-state index is 0.125. The molecule has 73 heavy (non-hydrogen) atoms.